The number of aromatic amines is 1. The fraction of sp³-hybridized carbons (Fsp3) is 0.643. The van der Waals surface area contributed by atoms with Crippen molar-refractivity contribution in [2.24, 2.45) is 5.73 Å². The molecule has 0 aliphatic carbocycles. The lowest BCUT2D eigenvalue weighted by molar-refractivity contribution is -0.151. The van der Waals surface area contributed by atoms with Crippen LogP contribution in [-0.2, 0) is 22.6 Å². The molecule has 0 fully saturated rings. The lowest BCUT2D eigenvalue weighted by Gasteiger charge is -2.32. The zero-order valence-corrected chi connectivity index (χ0v) is 12.0. The summed E-state index contributed by atoms with van der Waals surface area (Å²) in [6.45, 7) is 0.970. The molecule has 1 aliphatic heterocycles. The van der Waals surface area contributed by atoms with Crippen molar-refractivity contribution in [3.63, 3.8) is 0 Å². The number of amides is 1. The van der Waals surface area contributed by atoms with Crippen LogP contribution in [-0.4, -0.2) is 44.4 Å². The van der Waals surface area contributed by atoms with Gasteiger partial charge in [0.05, 0.1) is 24.3 Å². The van der Waals surface area contributed by atoms with E-state index in [9.17, 15) is 14.7 Å². The highest BCUT2D eigenvalue weighted by Gasteiger charge is 2.35. The van der Waals surface area contributed by atoms with Gasteiger partial charge in [-0.05, 0) is 19.4 Å². The minimum absolute atomic E-state index is 0.101. The lowest BCUT2D eigenvalue weighted by atomic mass is 10.0. The van der Waals surface area contributed by atoms with E-state index < -0.39 is 12.0 Å². The molecule has 1 atom stereocenters. The van der Waals surface area contributed by atoms with Crippen molar-refractivity contribution in [1.82, 2.24) is 14.9 Å². The lowest BCUT2D eigenvalue weighted by Crippen LogP contribution is -2.48. The van der Waals surface area contributed by atoms with E-state index in [0.29, 0.717) is 19.5 Å². The van der Waals surface area contributed by atoms with Gasteiger partial charge in [-0.3, -0.25) is 4.79 Å². The van der Waals surface area contributed by atoms with E-state index in [1.54, 1.807) is 6.33 Å². The smallest absolute Gasteiger partial charge is 0.326 e. The maximum absolute atomic E-state index is 12.3. The van der Waals surface area contributed by atoms with E-state index in [-0.39, 0.29) is 12.3 Å². The summed E-state index contributed by atoms with van der Waals surface area (Å²) in [5.74, 6) is -1.07. The Morgan fingerprint density at radius 1 is 1.38 bits per heavy atom. The molecule has 0 spiro atoms. The van der Waals surface area contributed by atoms with Gasteiger partial charge in [-0.1, -0.05) is 12.8 Å². The SMILES string of the molecule is NCCCCCCC(=O)N1Cc2[nH]cnc2CC1C(=O)O. The van der Waals surface area contributed by atoms with Gasteiger partial charge in [0.25, 0.3) is 0 Å². The molecule has 7 heteroatoms. The molecular weight excluding hydrogens is 272 g/mol. The zero-order valence-electron chi connectivity index (χ0n) is 12.0. The average Bonchev–Trinajstić information content (AvgIpc) is 2.92. The van der Waals surface area contributed by atoms with Crippen molar-refractivity contribution in [3.05, 3.63) is 17.7 Å². The van der Waals surface area contributed by atoms with Gasteiger partial charge < -0.3 is 20.7 Å². The largest absolute Gasteiger partial charge is 0.480 e. The van der Waals surface area contributed by atoms with Gasteiger partial charge in [0.1, 0.15) is 6.04 Å². The summed E-state index contributed by atoms with van der Waals surface area (Å²) in [4.78, 5) is 32.2. The molecule has 4 N–H and O–H groups in total. The van der Waals surface area contributed by atoms with Crippen LogP contribution in [0.1, 0.15) is 43.5 Å². The summed E-state index contributed by atoms with van der Waals surface area (Å²) < 4.78 is 0. The number of nitrogens with one attached hydrogen (secondary N) is 1. The number of fused-ring (bicyclic) bond motifs is 1. The number of hydrogen-bond acceptors (Lipinski definition) is 4. The van der Waals surface area contributed by atoms with Crippen LogP contribution in [0.2, 0.25) is 0 Å². The molecule has 0 saturated heterocycles. The van der Waals surface area contributed by atoms with Gasteiger partial charge in [0, 0.05) is 12.8 Å². The molecule has 0 radical (unpaired) electrons. The van der Waals surface area contributed by atoms with Gasteiger partial charge in [0.15, 0.2) is 0 Å². The fourth-order valence-corrected chi connectivity index (χ4v) is 2.64. The van der Waals surface area contributed by atoms with Gasteiger partial charge >= 0.3 is 5.97 Å². The Kier molecular flexibility index (Phi) is 5.32. The number of carbonyl (C=O) groups excluding carboxylic acids is 1. The third kappa shape index (κ3) is 3.81. The first-order valence-electron chi connectivity index (χ1n) is 7.37. The van der Waals surface area contributed by atoms with Gasteiger partial charge in [-0.25, -0.2) is 9.78 Å². The van der Waals surface area contributed by atoms with E-state index in [0.717, 1.165) is 37.1 Å². The molecule has 1 amide bonds. The van der Waals surface area contributed by atoms with Crippen LogP contribution in [0.4, 0.5) is 0 Å². The predicted octanol–water partition coefficient (Wildman–Crippen LogP) is 0.657. The summed E-state index contributed by atoms with van der Waals surface area (Å²) in [6, 6.07) is -0.808. The first-order valence-corrected chi connectivity index (χ1v) is 7.37. The number of unbranched alkanes of at least 4 members (excludes halogenated alkanes) is 3. The van der Waals surface area contributed by atoms with Crippen LogP contribution in [0.15, 0.2) is 6.33 Å². The Morgan fingerprint density at radius 3 is 2.86 bits per heavy atom. The number of H-pyrrole nitrogens is 1. The second kappa shape index (κ2) is 7.21. The number of carboxylic acids is 1. The third-order valence-electron chi connectivity index (χ3n) is 3.85. The van der Waals surface area contributed by atoms with E-state index >= 15 is 0 Å². The monoisotopic (exact) mass is 294 g/mol. The number of aromatic nitrogens is 2. The number of aliphatic carboxylic acids is 1. The summed E-state index contributed by atoms with van der Waals surface area (Å²) in [6.07, 6.45) is 5.90. The highest BCUT2D eigenvalue weighted by atomic mass is 16.4. The van der Waals surface area contributed by atoms with Crippen molar-refractivity contribution in [2.45, 2.75) is 51.1 Å². The molecule has 1 aromatic rings. The van der Waals surface area contributed by atoms with Crippen molar-refractivity contribution < 1.29 is 14.7 Å². The average molecular weight is 294 g/mol. The Morgan fingerprint density at radius 2 is 2.14 bits per heavy atom. The number of carboxylic acid groups (broad SMARTS) is 1. The van der Waals surface area contributed by atoms with Crippen LogP contribution in [0.5, 0.6) is 0 Å². The molecule has 1 unspecified atom stereocenters. The number of hydrogen-bond donors (Lipinski definition) is 3. The molecule has 2 rings (SSSR count). The van der Waals surface area contributed by atoms with Crippen molar-refractivity contribution in [2.75, 3.05) is 6.54 Å². The van der Waals surface area contributed by atoms with E-state index in [1.807, 2.05) is 0 Å². The highest BCUT2D eigenvalue weighted by Crippen LogP contribution is 2.22. The number of carbonyl (C=O) groups is 2. The second-order valence-corrected chi connectivity index (χ2v) is 5.36. The quantitative estimate of drug-likeness (QED) is 0.639. The Hall–Kier alpha value is -1.89. The number of nitrogens with two attached hydrogens (primary N) is 1. The molecular formula is C14H22N4O3. The van der Waals surface area contributed by atoms with Gasteiger partial charge in [-0.15, -0.1) is 0 Å². The van der Waals surface area contributed by atoms with Crippen molar-refractivity contribution in [3.8, 4) is 0 Å². The summed E-state index contributed by atoms with van der Waals surface area (Å²) in [5.41, 5.74) is 7.01. The number of rotatable bonds is 7. The first kappa shape index (κ1) is 15.5. The van der Waals surface area contributed by atoms with Crippen LogP contribution >= 0.6 is 0 Å². The molecule has 0 aromatic carbocycles. The topological polar surface area (TPSA) is 112 Å². The normalized spacial score (nSPS) is 17.6. The van der Waals surface area contributed by atoms with Gasteiger partial charge in [-0.2, -0.15) is 0 Å². The predicted molar refractivity (Wildman–Crippen MR) is 76.4 cm³/mol. The minimum Gasteiger partial charge on any atom is -0.480 e. The summed E-state index contributed by atoms with van der Waals surface area (Å²) >= 11 is 0. The van der Waals surface area contributed by atoms with Crippen molar-refractivity contribution >= 4 is 11.9 Å². The Bertz CT molecular complexity index is 500. The second-order valence-electron chi connectivity index (χ2n) is 5.36. The fourth-order valence-electron chi connectivity index (χ4n) is 2.64. The summed E-state index contributed by atoms with van der Waals surface area (Å²) in [7, 11) is 0. The number of imidazole rings is 1. The van der Waals surface area contributed by atoms with Crippen LogP contribution in [0.3, 0.4) is 0 Å². The molecule has 1 aromatic heterocycles. The number of nitrogens with zero attached hydrogens (tertiary/aromatic N) is 2. The molecule has 0 bridgehead atoms. The molecule has 116 valence electrons. The summed E-state index contributed by atoms with van der Waals surface area (Å²) in [5, 5.41) is 9.32. The first-order chi connectivity index (χ1) is 10.1. The van der Waals surface area contributed by atoms with E-state index in [1.165, 1.54) is 4.90 Å². The van der Waals surface area contributed by atoms with E-state index in [4.69, 9.17) is 5.73 Å². The van der Waals surface area contributed by atoms with Gasteiger partial charge in [0.2, 0.25) is 5.91 Å². The maximum Gasteiger partial charge on any atom is 0.326 e. The maximum atomic E-state index is 12.3. The molecule has 0 saturated carbocycles. The Balaban J connectivity index is 1.93. The Labute approximate surface area is 123 Å². The van der Waals surface area contributed by atoms with E-state index in [2.05, 4.69) is 9.97 Å². The van der Waals surface area contributed by atoms with Crippen LogP contribution in [0.25, 0.3) is 0 Å². The highest BCUT2D eigenvalue weighted by molar-refractivity contribution is 5.84. The minimum atomic E-state index is -0.972. The molecule has 2 heterocycles. The van der Waals surface area contributed by atoms with Crippen molar-refractivity contribution in [1.29, 1.82) is 0 Å². The zero-order chi connectivity index (χ0) is 15.2. The van der Waals surface area contributed by atoms with Crippen LogP contribution in [0, 0.1) is 0 Å². The standard InChI is InChI=1S/C14H22N4O3/c15-6-4-2-1-3-5-13(19)18-8-11-10(16-9-17-11)7-12(18)14(20)21/h9,12H,1-8,15H2,(H,16,17)(H,20,21). The molecule has 1 aliphatic rings. The van der Waals surface area contributed by atoms with Crippen LogP contribution < -0.4 is 5.73 Å². The molecule has 21 heavy (non-hydrogen) atoms. The third-order valence-corrected chi connectivity index (χ3v) is 3.85. The molecule has 7 nitrogen and oxygen atoms in total.